The second-order valence-electron chi connectivity index (χ2n) is 5.63. The van der Waals surface area contributed by atoms with Crippen LogP contribution in [0.3, 0.4) is 0 Å². The van der Waals surface area contributed by atoms with E-state index < -0.39 is 0 Å². The van der Waals surface area contributed by atoms with E-state index in [9.17, 15) is 4.39 Å². The van der Waals surface area contributed by atoms with Crippen molar-refractivity contribution in [2.24, 2.45) is 0 Å². The molecule has 0 aromatic heterocycles. The summed E-state index contributed by atoms with van der Waals surface area (Å²) in [4.78, 5) is 2.08. The second-order valence-corrected chi connectivity index (χ2v) is 5.63. The van der Waals surface area contributed by atoms with E-state index in [1.54, 1.807) is 6.07 Å². The minimum atomic E-state index is -0.173. The predicted molar refractivity (Wildman–Crippen MR) is 83.8 cm³/mol. The van der Waals surface area contributed by atoms with Crippen LogP contribution >= 0.6 is 0 Å². The highest BCUT2D eigenvalue weighted by molar-refractivity contribution is 5.40. The van der Waals surface area contributed by atoms with Gasteiger partial charge in [0.05, 0.1) is 0 Å². The first-order chi connectivity index (χ1) is 10.6. The van der Waals surface area contributed by atoms with Crippen molar-refractivity contribution in [3.05, 3.63) is 59.9 Å². The van der Waals surface area contributed by atoms with E-state index >= 15 is 0 Å². The SMILES string of the molecule is CC(c1ccccc1F)N(C)CC1COc2ccccc2O1. The van der Waals surface area contributed by atoms with E-state index in [1.807, 2.05) is 50.4 Å². The fourth-order valence-corrected chi connectivity index (χ4v) is 2.68. The van der Waals surface area contributed by atoms with Crippen molar-refractivity contribution in [3.8, 4) is 11.5 Å². The van der Waals surface area contributed by atoms with Crippen molar-refractivity contribution >= 4 is 0 Å². The molecule has 22 heavy (non-hydrogen) atoms. The molecule has 2 atom stereocenters. The number of halogens is 1. The Balaban J connectivity index is 1.65. The molecule has 0 saturated heterocycles. The van der Waals surface area contributed by atoms with E-state index in [0.29, 0.717) is 18.7 Å². The zero-order chi connectivity index (χ0) is 15.5. The first kappa shape index (κ1) is 14.9. The summed E-state index contributed by atoms with van der Waals surface area (Å²) < 4.78 is 25.6. The number of para-hydroxylation sites is 2. The maximum atomic E-state index is 13.9. The Morgan fingerprint density at radius 2 is 1.82 bits per heavy atom. The lowest BCUT2D eigenvalue weighted by atomic mass is 10.1. The average Bonchev–Trinajstić information content (AvgIpc) is 2.54. The molecule has 0 aliphatic carbocycles. The summed E-state index contributed by atoms with van der Waals surface area (Å²) in [6.07, 6.45) is -0.0610. The number of likely N-dealkylation sites (N-methyl/N-ethyl adjacent to an activating group) is 1. The molecule has 0 spiro atoms. The van der Waals surface area contributed by atoms with Gasteiger partial charge in [0, 0.05) is 18.2 Å². The number of hydrogen-bond donors (Lipinski definition) is 0. The molecular weight excluding hydrogens is 281 g/mol. The molecule has 4 heteroatoms. The third kappa shape index (κ3) is 3.07. The molecule has 0 fully saturated rings. The maximum Gasteiger partial charge on any atom is 0.161 e. The van der Waals surface area contributed by atoms with Crippen LogP contribution < -0.4 is 9.47 Å². The Bertz CT molecular complexity index is 646. The Kier molecular flexibility index (Phi) is 4.29. The molecule has 3 nitrogen and oxygen atoms in total. The summed E-state index contributed by atoms with van der Waals surface area (Å²) in [5, 5.41) is 0. The van der Waals surface area contributed by atoms with Gasteiger partial charge in [0.15, 0.2) is 11.5 Å². The first-order valence-corrected chi connectivity index (χ1v) is 7.48. The van der Waals surface area contributed by atoms with Gasteiger partial charge in [-0.3, -0.25) is 4.90 Å². The van der Waals surface area contributed by atoms with Crippen LogP contribution in [0.15, 0.2) is 48.5 Å². The lowest BCUT2D eigenvalue weighted by Gasteiger charge is -2.32. The van der Waals surface area contributed by atoms with Crippen molar-refractivity contribution in [1.29, 1.82) is 0 Å². The van der Waals surface area contributed by atoms with E-state index in [2.05, 4.69) is 4.90 Å². The highest BCUT2D eigenvalue weighted by atomic mass is 19.1. The standard InChI is InChI=1S/C18H20FNO2/c1-13(15-7-3-4-8-16(15)19)20(2)11-14-12-21-17-9-5-6-10-18(17)22-14/h3-10,13-14H,11-12H2,1-2H3. The second kappa shape index (κ2) is 6.36. The summed E-state index contributed by atoms with van der Waals surface area (Å²) in [5.74, 6) is 1.38. The van der Waals surface area contributed by atoms with Crippen LogP contribution in [0.1, 0.15) is 18.5 Å². The molecule has 0 N–H and O–H groups in total. The Labute approximate surface area is 130 Å². The fraction of sp³-hybridized carbons (Fsp3) is 0.333. The number of fused-ring (bicyclic) bond motifs is 1. The zero-order valence-electron chi connectivity index (χ0n) is 12.8. The van der Waals surface area contributed by atoms with Crippen LogP contribution in [0.25, 0.3) is 0 Å². The Hall–Kier alpha value is -2.07. The van der Waals surface area contributed by atoms with Gasteiger partial charge in [-0.05, 0) is 32.2 Å². The van der Waals surface area contributed by atoms with Crippen LogP contribution in [0, 0.1) is 5.82 Å². The van der Waals surface area contributed by atoms with Crippen molar-refractivity contribution in [1.82, 2.24) is 4.90 Å². The van der Waals surface area contributed by atoms with Gasteiger partial charge in [-0.1, -0.05) is 30.3 Å². The number of hydrogen-bond acceptors (Lipinski definition) is 3. The average molecular weight is 301 g/mol. The van der Waals surface area contributed by atoms with Crippen LogP contribution in [0.2, 0.25) is 0 Å². The van der Waals surface area contributed by atoms with E-state index in [0.717, 1.165) is 11.5 Å². The van der Waals surface area contributed by atoms with Gasteiger partial charge in [-0.2, -0.15) is 0 Å². The number of nitrogens with zero attached hydrogens (tertiary/aromatic N) is 1. The molecule has 2 unspecified atom stereocenters. The van der Waals surface area contributed by atoms with Gasteiger partial charge in [0.2, 0.25) is 0 Å². The molecule has 3 rings (SSSR count). The molecule has 0 radical (unpaired) electrons. The molecule has 1 heterocycles. The molecule has 0 amide bonds. The number of ether oxygens (including phenoxy) is 2. The van der Waals surface area contributed by atoms with Crippen molar-refractivity contribution < 1.29 is 13.9 Å². The number of benzene rings is 2. The summed E-state index contributed by atoms with van der Waals surface area (Å²) in [5.41, 5.74) is 0.696. The van der Waals surface area contributed by atoms with Crippen LogP contribution in [-0.2, 0) is 0 Å². The highest BCUT2D eigenvalue weighted by Gasteiger charge is 2.24. The number of rotatable bonds is 4. The first-order valence-electron chi connectivity index (χ1n) is 7.48. The fourth-order valence-electron chi connectivity index (χ4n) is 2.68. The van der Waals surface area contributed by atoms with Crippen LogP contribution in [-0.4, -0.2) is 31.2 Å². The Morgan fingerprint density at radius 3 is 2.59 bits per heavy atom. The molecule has 1 aliphatic heterocycles. The molecule has 0 bridgehead atoms. The lowest BCUT2D eigenvalue weighted by Crippen LogP contribution is -2.40. The summed E-state index contributed by atoms with van der Waals surface area (Å²) in [7, 11) is 1.97. The normalized spacial score (nSPS) is 18.3. The molecule has 2 aromatic carbocycles. The smallest absolute Gasteiger partial charge is 0.161 e. The quantitative estimate of drug-likeness (QED) is 0.860. The summed E-state index contributed by atoms with van der Waals surface area (Å²) >= 11 is 0. The Morgan fingerprint density at radius 1 is 1.14 bits per heavy atom. The zero-order valence-corrected chi connectivity index (χ0v) is 12.8. The molecule has 1 aliphatic rings. The molecule has 0 saturated carbocycles. The summed E-state index contributed by atoms with van der Waals surface area (Å²) in [6, 6.07) is 14.5. The van der Waals surface area contributed by atoms with Crippen molar-refractivity contribution in [2.75, 3.05) is 20.2 Å². The topological polar surface area (TPSA) is 21.7 Å². The minimum absolute atomic E-state index is 0.0260. The summed E-state index contributed by atoms with van der Waals surface area (Å²) in [6.45, 7) is 3.17. The highest BCUT2D eigenvalue weighted by Crippen LogP contribution is 2.31. The third-order valence-corrected chi connectivity index (χ3v) is 4.08. The van der Waals surface area contributed by atoms with Gasteiger partial charge in [-0.15, -0.1) is 0 Å². The molecule has 116 valence electrons. The minimum Gasteiger partial charge on any atom is -0.486 e. The molecular formula is C18H20FNO2. The van der Waals surface area contributed by atoms with E-state index in [-0.39, 0.29) is 18.0 Å². The van der Waals surface area contributed by atoms with E-state index in [1.165, 1.54) is 6.07 Å². The monoisotopic (exact) mass is 301 g/mol. The van der Waals surface area contributed by atoms with Gasteiger partial charge in [-0.25, -0.2) is 4.39 Å². The van der Waals surface area contributed by atoms with Gasteiger partial charge < -0.3 is 9.47 Å². The van der Waals surface area contributed by atoms with E-state index in [4.69, 9.17) is 9.47 Å². The predicted octanol–water partition coefficient (Wildman–Crippen LogP) is 3.66. The van der Waals surface area contributed by atoms with Crippen LogP contribution in [0.4, 0.5) is 4.39 Å². The van der Waals surface area contributed by atoms with Crippen LogP contribution in [0.5, 0.6) is 11.5 Å². The maximum absolute atomic E-state index is 13.9. The van der Waals surface area contributed by atoms with Gasteiger partial charge >= 0.3 is 0 Å². The third-order valence-electron chi connectivity index (χ3n) is 4.08. The molecule has 2 aromatic rings. The largest absolute Gasteiger partial charge is 0.486 e. The van der Waals surface area contributed by atoms with Gasteiger partial charge in [0.1, 0.15) is 18.5 Å². The van der Waals surface area contributed by atoms with Gasteiger partial charge in [0.25, 0.3) is 0 Å². The van der Waals surface area contributed by atoms with Crippen molar-refractivity contribution in [2.45, 2.75) is 19.1 Å². The lowest BCUT2D eigenvalue weighted by molar-refractivity contribution is 0.0559. The van der Waals surface area contributed by atoms with Crippen molar-refractivity contribution in [3.63, 3.8) is 0 Å².